The third-order valence-electron chi connectivity index (χ3n) is 2.41. The van der Waals surface area contributed by atoms with Crippen molar-refractivity contribution in [3.8, 4) is 0 Å². The second-order valence-corrected chi connectivity index (χ2v) is 7.34. The Balaban J connectivity index is 2.36. The van der Waals surface area contributed by atoms with Crippen LogP contribution >= 0.6 is 54.8 Å². The van der Waals surface area contributed by atoms with Gasteiger partial charge in [0.15, 0.2) is 0 Å². The predicted octanol–water partition coefficient (Wildman–Crippen LogP) is 5.32. The first-order valence-corrected chi connectivity index (χ1v) is 7.66. The molecule has 0 aliphatic heterocycles. The minimum Gasteiger partial charge on any atom is -0.383 e. The normalized spacial score (nSPS) is 12.8. The molecule has 0 bridgehead atoms. The molecule has 0 aliphatic carbocycles. The summed E-state index contributed by atoms with van der Waals surface area (Å²) in [5, 5.41) is 10.9. The summed E-state index contributed by atoms with van der Waals surface area (Å²) in [4.78, 5) is 0.920. The van der Waals surface area contributed by atoms with Crippen LogP contribution in [0.25, 0.3) is 0 Å². The van der Waals surface area contributed by atoms with Gasteiger partial charge in [-0.25, -0.2) is 0 Å². The van der Waals surface area contributed by atoms with E-state index in [1.807, 2.05) is 25.1 Å². The van der Waals surface area contributed by atoms with Gasteiger partial charge in [0.25, 0.3) is 0 Å². The number of rotatable bonds is 2. The zero-order chi connectivity index (χ0) is 12.6. The summed E-state index contributed by atoms with van der Waals surface area (Å²) in [6.07, 6.45) is -0.612. The Labute approximate surface area is 126 Å². The van der Waals surface area contributed by atoms with Gasteiger partial charge in [-0.15, -0.1) is 11.3 Å². The fourth-order valence-electron chi connectivity index (χ4n) is 1.47. The molecule has 1 N–H and O–H groups in total. The van der Waals surface area contributed by atoms with Crippen LogP contribution in [0.3, 0.4) is 0 Å². The molecule has 90 valence electrons. The highest BCUT2D eigenvalue weighted by Crippen LogP contribution is 2.35. The average Bonchev–Trinajstić information content (AvgIpc) is 2.62. The molecular formula is C12H9Br2ClOS. The van der Waals surface area contributed by atoms with E-state index in [0.717, 1.165) is 24.3 Å². The number of aliphatic hydroxyl groups is 1. The molecule has 1 nitrogen and oxygen atoms in total. The van der Waals surface area contributed by atoms with E-state index in [-0.39, 0.29) is 0 Å². The van der Waals surface area contributed by atoms with Crippen molar-refractivity contribution in [1.29, 1.82) is 0 Å². The van der Waals surface area contributed by atoms with E-state index in [1.54, 1.807) is 17.4 Å². The van der Waals surface area contributed by atoms with Crippen molar-refractivity contribution >= 4 is 54.8 Å². The molecule has 1 unspecified atom stereocenters. The molecule has 2 aromatic rings. The van der Waals surface area contributed by atoms with Gasteiger partial charge < -0.3 is 5.11 Å². The summed E-state index contributed by atoms with van der Waals surface area (Å²) < 4.78 is 1.85. The fraction of sp³-hybridized carbons (Fsp3) is 0.167. The third kappa shape index (κ3) is 2.93. The Bertz CT molecular complexity index is 534. The van der Waals surface area contributed by atoms with Crippen molar-refractivity contribution < 1.29 is 5.11 Å². The highest BCUT2D eigenvalue weighted by atomic mass is 79.9. The van der Waals surface area contributed by atoms with Crippen LogP contribution in [0.1, 0.15) is 22.1 Å². The first-order chi connectivity index (χ1) is 7.99. The standard InChI is InChI=1S/C12H9Br2ClOS/c1-6-4-10(17-12(6)14)11(16)7-2-3-9(15)8(13)5-7/h2-5,11,16H,1H3. The summed E-state index contributed by atoms with van der Waals surface area (Å²) in [5.74, 6) is 0. The number of halogens is 3. The molecule has 0 saturated heterocycles. The van der Waals surface area contributed by atoms with Crippen molar-refractivity contribution in [2.75, 3.05) is 0 Å². The molecule has 0 aliphatic rings. The monoisotopic (exact) mass is 394 g/mol. The fourth-order valence-corrected chi connectivity index (χ4v) is 3.56. The minimum absolute atomic E-state index is 0.612. The van der Waals surface area contributed by atoms with Gasteiger partial charge in [-0.05, 0) is 68.1 Å². The molecular weight excluding hydrogens is 387 g/mol. The van der Waals surface area contributed by atoms with Gasteiger partial charge in [0.1, 0.15) is 6.10 Å². The van der Waals surface area contributed by atoms with Gasteiger partial charge >= 0.3 is 0 Å². The van der Waals surface area contributed by atoms with Gasteiger partial charge in [-0.2, -0.15) is 0 Å². The van der Waals surface area contributed by atoms with Crippen molar-refractivity contribution in [2.45, 2.75) is 13.0 Å². The first-order valence-electron chi connectivity index (χ1n) is 4.88. The lowest BCUT2D eigenvalue weighted by atomic mass is 10.1. The van der Waals surface area contributed by atoms with Crippen LogP contribution in [0.5, 0.6) is 0 Å². The quantitative estimate of drug-likeness (QED) is 0.729. The Morgan fingerprint density at radius 3 is 2.53 bits per heavy atom. The Morgan fingerprint density at radius 2 is 2.00 bits per heavy atom. The van der Waals surface area contributed by atoms with Crippen molar-refractivity contribution in [1.82, 2.24) is 0 Å². The van der Waals surface area contributed by atoms with Crippen LogP contribution < -0.4 is 0 Å². The van der Waals surface area contributed by atoms with Crippen LogP contribution in [-0.2, 0) is 0 Å². The lowest BCUT2D eigenvalue weighted by Crippen LogP contribution is -1.96. The lowest BCUT2D eigenvalue weighted by Gasteiger charge is -2.09. The molecule has 1 aromatic carbocycles. The maximum atomic E-state index is 10.3. The molecule has 0 amide bonds. The zero-order valence-corrected chi connectivity index (χ0v) is 13.6. The predicted molar refractivity (Wildman–Crippen MR) is 80.0 cm³/mol. The van der Waals surface area contributed by atoms with Crippen LogP contribution in [0.15, 0.2) is 32.5 Å². The summed E-state index contributed by atoms with van der Waals surface area (Å²) in [6.45, 7) is 2.01. The van der Waals surface area contributed by atoms with Crippen LogP contribution in [0, 0.1) is 6.92 Å². The van der Waals surface area contributed by atoms with E-state index in [2.05, 4.69) is 31.9 Å². The van der Waals surface area contributed by atoms with E-state index in [9.17, 15) is 5.11 Å². The van der Waals surface area contributed by atoms with Gasteiger partial charge in [0, 0.05) is 9.35 Å². The van der Waals surface area contributed by atoms with E-state index in [1.165, 1.54) is 0 Å². The highest BCUT2D eigenvalue weighted by Gasteiger charge is 2.15. The molecule has 1 atom stereocenters. The maximum Gasteiger partial charge on any atom is 0.113 e. The number of thiophene rings is 1. The lowest BCUT2D eigenvalue weighted by molar-refractivity contribution is 0.224. The maximum absolute atomic E-state index is 10.3. The molecule has 0 fully saturated rings. The molecule has 0 saturated carbocycles. The zero-order valence-electron chi connectivity index (χ0n) is 8.88. The Kier molecular flexibility index (Phi) is 4.31. The summed E-state index contributed by atoms with van der Waals surface area (Å²) in [7, 11) is 0. The van der Waals surface area contributed by atoms with Crippen LogP contribution in [-0.4, -0.2) is 5.11 Å². The number of hydrogen-bond acceptors (Lipinski definition) is 2. The Morgan fingerprint density at radius 1 is 1.29 bits per heavy atom. The van der Waals surface area contributed by atoms with Crippen molar-refractivity contribution in [3.05, 3.63) is 53.6 Å². The Hall–Kier alpha value is 0.130. The van der Waals surface area contributed by atoms with Crippen molar-refractivity contribution in [2.24, 2.45) is 0 Å². The van der Waals surface area contributed by atoms with E-state index in [0.29, 0.717) is 5.02 Å². The summed E-state index contributed by atoms with van der Waals surface area (Å²) in [6, 6.07) is 7.44. The average molecular weight is 397 g/mol. The van der Waals surface area contributed by atoms with Crippen LogP contribution in [0.4, 0.5) is 0 Å². The molecule has 0 radical (unpaired) electrons. The molecule has 5 heteroatoms. The summed E-state index contributed by atoms with van der Waals surface area (Å²) in [5.41, 5.74) is 1.96. The molecule has 17 heavy (non-hydrogen) atoms. The summed E-state index contributed by atoms with van der Waals surface area (Å²) >= 11 is 14.3. The highest BCUT2D eigenvalue weighted by molar-refractivity contribution is 9.11. The molecule has 1 aromatic heterocycles. The van der Waals surface area contributed by atoms with Gasteiger partial charge in [-0.1, -0.05) is 17.7 Å². The minimum atomic E-state index is -0.612. The first kappa shape index (κ1) is 13.6. The number of aliphatic hydroxyl groups excluding tert-OH is 1. The van der Waals surface area contributed by atoms with Gasteiger partial charge in [-0.3, -0.25) is 0 Å². The van der Waals surface area contributed by atoms with E-state index in [4.69, 9.17) is 11.6 Å². The third-order valence-corrected chi connectivity index (χ3v) is 5.81. The number of hydrogen-bond donors (Lipinski definition) is 1. The molecule has 0 spiro atoms. The van der Waals surface area contributed by atoms with Gasteiger partial charge in [0.2, 0.25) is 0 Å². The van der Waals surface area contributed by atoms with Gasteiger partial charge in [0.05, 0.1) is 8.81 Å². The molecule has 2 rings (SSSR count). The number of benzene rings is 1. The van der Waals surface area contributed by atoms with Crippen molar-refractivity contribution in [3.63, 3.8) is 0 Å². The topological polar surface area (TPSA) is 20.2 Å². The van der Waals surface area contributed by atoms with E-state index < -0.39 is 6.10 Å². The second-order valence-electron chi connectivity index (χ2n) is 3.68. The molecule has 1 heterocycles. The smallest absolute Gasteiger partial charge is 0.113 e. The largest absolute Gasteiger partial charge is 0.383 e. The second kappa shape index (κ2) is 5.41. The number of aryl methyl sites for hydroxylation is 1. The SMILES string of the molecule is Cc1cc(C(O)c2ccc(Cl)c(Br)c2)sc1Br. The van der Waals surface area contributed by atoms with E-state index >= 15 is 0 Å². The van der Waals surface area contributed by atoms with Crippen LogP contribution in [0.2, 0.25) is 5.02 Å².